The Bertz CT molecular complexity index is 637. The molecule has 1 N–H and O–H groups in total. The van der Waals surface area contributed by atoms with Gasteiger partial charge in [0.2, 0.25) is 0 Å². The molecule has 0 bridgehead atoms. The van der Waals surface area contributed by atoms with Crippen molar-refractivity contribution < 1.29 is 9.59 Å². The lowest BCUT2D eigenvalue weighted by atomic mass is 9.92. The minimum absolute atomic E-state index is 0.00998. The van der Waals surface area contributed by atoms with Crippen molar-refractivity contribution in [3.63, 3.8) is 0 Å². The number of aryl methyl sites for hydroxylation is 1. The van der Waals surface area contributed by atoms with Crippen molar-refractivity contribution >= 4 is 22.5 Å². The Kier molecular flexibility index (Phi) is 2.15. The summed E-state index contributed by atoms with van der Waals surface area (Å²) in [5.41, 5.74) is 3.29. The van der Waals surface area contributed by atoms with Crippen LogP contribution in [-0.4, -0.2) is 16.6 Å². The van der Waals surface area contributed by atoms with E-state index in [1.54, 1.807) is 13.0 Å². The van der Waals surface area contributed by atoms with Crippen LogP contribution >= 0.6 is 0 Å². The highest BCUT2D eigenvalue weighted by Gasteiger charge is 2.24. The molecule has 1 aliphatic rings. The SMILES string of the molecule is CC(=O)c1cccc2[nH]c3c(c12)C(=O)CCC3. The maximum absolute atomic E-state index is 12.0. The average Bonchev–Trinajstić information content (AvgIpc) is 2.67. The number of ketones is 2. The molecule has 86 valence electrons. The van der Waals surface area contributed by atoms with Crippen molar-refractivity contribution in [3.8, 4) is 0 Å². The number of hydrogen-bond donors (Lipinski definition) is 1. The molecule has 0 saturated heterocycles. The molecule has 1 heterocycles. The molecule has 0 spiro atoms. The first-order valence-electron chi connectivity index (χ1n) is 5.86. The van der Waals surface area contributed by atoms with Gasteiger partial charge in [0, 0.05) is 34.1 Å². The van der Waals surface area contributed by atoms with Gasteiger partial charge in [-0.3, -0.25) is 9.59 Å². The van der Waals surface area contributed by atoms with E-state index in [-0.39, 0.29) is 11.6 Å². The zero-order chi connectivity index (χ0) is 12.0. The van der Waals surface area contributed by atoms with Crippen LogP contribution in [-0.2, 0) is 6.42 Å². The number of nitrogens with one attached hydrogen (secondary N) is 1. The number of hydrogen-bond acceptors (Lipinski definition) is 2. The highest BCUT2D eigenvalue weighted by molar-refractivity contribution is 6.17. The third-order valence-corrected chi connectivity index (χ3v) is 3.39. The van der Waals surface area contributed by atoms with Gasteiger partial charge in [-0.15, -0.1) is 0 Å². The van der Waals surface area contributed by atoms with Crippen LogP contribution in [0, 0.1) is 0 Å². The first-order chi connectivity index (χ1) is 8.18. The highest BCUT2D eigenvalue weighted by atomic mass is 16.1. The monoisotopic (exact) mass is 227 g/mol. The second-order valence-electron chi connectivity index (χ2n) is 4.54. The molecule has 3 rings (SSSR count). The molecule has 0 atom stereocenters. The smallest absolute Gasteiger partial charge is 0.165 e. The van der Waals surface area contributed by atoms with Gasteiger partial charge >= 0.3 is 0 Å². The fourth-order valence-corrected chi connectivity index (χ4v) is 2.64. The van der Waals surface area contributed by atoms with Gasteiger partial charge in [-0.1, -0.05) is 12.1 Å². The Morgan fingerprint density at radius 3 is 2.88 bits per heavy atom. The minimum Gasteiger partial charge on any atom is -0.358 e. The zero-order valence-corrected chi connectivity index (χ0v) is 9.67. The number of H-pyrrole nitrogens is 1. The summed E-state index contributed by atoms with van der Waals surface area (Å²) in [6.45, 7) is 1.54. The van der Waals surface area contributed by atoms with E-state index in [9.17, 15) is 9.59 Å². The standard InChI is InChI=1S/C14H13NO2/c1-8(16)9-4-2-5-10-13(9)14-11(15-10)6-3-7-12(14)17/h2,4-5,15H,3,6-7H2,1H3. The van der Waals surface area contributed by atoms with Crippen LogP contribution in [0.3, 0.4) is 0 Å². The van der Waals surface area contributed by atoms with Crippen molar-refractivity contribution in [2.75, 3.05) is 0 Å². The van der Waals surface area contributed by atoms with Gasteiger partial charge < -0.3 is 4.98 Å². The van der Waals surface area contributed by atoms with Crippen molar-refractivity contribution in [2.45, 2.75) is 26.2 Å². The van der Waals surface area contributed by atoms with E-state index < -0.39 is 0 Å². The molecule has 2 aromatic rings. The van der Waals surface area contributed by atoms with E-state index in [2.05, 4.69) is 4.98 Å². The third kappa shape index (κ3) is 1.42. The number of aromatic amines is 1. The lowest BCUT2D eigenvalue weighted by molar-refractivity contribution is 0.0974. The topological polar surface area (TPSA) is 49.9 Å². The molecule has 0 aliphatic heterocycles. The highest BCUT2D eigenvalue weighted by Crippen LogP contribution is 2.31. The summed E-state index contributed by atoms with van der Waals surface area (Å²) in [4.78, 5) is 26.9. The van der Waals surface area contributed by atoms with Gasteiger partial charge in [-0.2, -0.15) is 0 Å². The molecule has 0 fully saturated rings. The summed E-state index contributed by atoms with van der Waals surface area (Å²) < 4.78 is 0. The molecule has 1 aromatic carbocycles. The van der Waals surface area contributed by atoms with E-state index in [4.69, 9.17) is 0 Å². The van der Waals surface area contributed by atoms with Crippen LogP contribution < -0.4 is 0 Å². The number of benzene rings is 1. The molecule has 1 aromatic heterocycles. The fraction of sp³-hybridized carbons (Fsp3) is 0.286. The number of Topliss-reactive ketones (excluding diaryl/α,β-unsaturated/α-hetero) is 2. The second kappa shape index (κ2) is 3.55. The van der Waals surface area contributed by atoms with Gasteiger partial charge in [0.05, 0.1) is 0 Å². The normalized spacial score (nSPS) is 15.0. The Hall–Kier alpha value is -1.90. The Balaban J connectivity index is 2.42. The molecule has 3 nitrogen and oxygen atoms in total. The first-order valence-corrected chi connectivity index (χ1v) is 5.86. The zero-order valence-electron chi connectivity index (χ0n) is 9.67. The lowest BCUT2D eigenvalue weighted by Gasteiger charge is -2.10. The molecule has 17 heavy (non-hydrogen) atoms. The quantitative estimate of drug-likeness (QED) is 0.761. The first kappa shape index (κ1) is 10.3. The van der Waals surface area contributed by atoms with Crippen LogP contribution in [0.2, 0.25) is 0 Å². The molecule has 0 unspecified atom stereocenters. The largest absolute Gasteiger partial charge is 0.358 e. The number of carbonyl (C=O) groups is 2. The molecule has 0 radical (unpaired) electrons. The number of carbonyl (C=O) groups excluding carboxylic acids is 2. The maximum Gasteiger partial charge on any atom is 0.165 e. The van der Waals surface area contributed by atoms with Crippen LogP contribution in [0.25, 0.3) is 10.9 Å². The Morgan fingerprint density at radius 2 is 2.12 bits per heavy atom. The molecular formula is C14H13NO2. The summed E-state index contributed by atoms with van der Waals surface area (Å²) in [7, 11) is 0. The van der Waals surface area contributed by atoms with Crippen LogP contribution in [0.15, 0.2) is 18.2 Å². The molecule has 0 amide bonds. The lowest BCUT2D eigenvalue weighted by Crippen LogP contribution is -2.10. The van der Waals surface area contributed by atoms with Gasteiger partial charge in [0.1, 0.15) is 0 Å². The van der Waals surface area contributed by atoms with E-state index in [0.717, 1.165) is 35.0 Å². The maximum atomic E-state index is 12.0. The average molecular weight is 227 g/mol. The van der Waals surface area contributed by atoms with Gasteiger partial charge in [0.25, 0.3) is 0 Å². The fourth-order valence-electron chi connectivity index (χ4n) is 2.64. The summed E-state index contributed by atoms with van der Waals surface area (Å²) in [6.07, 6.45) is 2.38. The number of rotatable bonds is 1. The van der Waals surface area contributed by atoms with Crippen LogP contribution in [0.4, 0.5) is 0 Å². The summed E-state index contributed by atoms with van der Waals surface area (Å²) in [5, 5.41) is 0.819. The second-order valence-corrected chi connectivity index (χ2v) is 4.54. The van der Waals surface area contributed by atoms with E-state index in [1.807, 2.05) is 12.1 Å². The molecular weight excluding hydrogens is 214 g/mol. The summed E-state index contributed by atoms with van der Waals surface area (Å²) in [6, 6.07) is 5.57. The minimum atomic E-state index is 0.00998. The summed E-state index contributed by atoms with van der Waals surface area (Å²) >= 11 is 0. The van der Waals surface area contributed by atoms with Crippen LogP contribution in [0.1, 0.15) is 46.2 Å². The molecule has 3 heteroatoms. The Morgan fingerprint density at radius 1 is 1.29 bits per heavy atom. The summed E-state index contributed by atoms with van der Waals surface area (Å²) in [5.74, 6) is 0.168. The van der Waals surface area contributed by atoms with E-state index >= 15 is 0 Å². The van der Waals surface area contributed by atoms with E-state index in [0.29, 0.717) is 12.0 Å². The predicted octanol–water partition coefficient (Wildman–Crippen LogP) is 2.89. The van der Waals surface area contributed by atoms with Gasteiger partial charge in [-0.05, 0) is 25.8 Å². The number of fused-ring (bicyclic) bond motifs is 3. The predicted molar refractivity (Wildman–Crippen MR) is 65.6 cm³/mol. The van der Waals surface area contributed by atoms with Gasteiger partial charge in [-0.25, -0.2) is 0 Å². The molecule has 0 saturated carbocycles. The van der Waals surface area contributed by atoms with Crippen molar-refractivity contribution in [1.29, 1.82) is 0 Å². The van der Waals surface area contributed by atoms with Crippen LogP contribution in [0.5, 0.6) is 0 Å². The van der Waals surface area contributed by atoms with Crippen molar-refractivity contribution in [2.24, 2.45) is 0 Å². The number of aromatic nitrogens is 1. The van der Waals surface area contributed by atoms with E-state index in [1.165, 1.54) is 0 Å². The molecule has 1 aliphatic carbocycles. The van der Waals surface area contributed by atoms with Crippen molar-refractivity contribution in [3.05, 3.63) is 35.0 Å². The van der Waals surface area contributed by atoms with Gasteiger partial charge in [0.15, 0.2) is 11.6 Å². The van der Waals surface area contributed by atoms with Crippen molar-refractivity contribution in [1.82, 2.24) is 4.98 Å². The Labute approximate surface area is 98.8 Å². The third-order valence-electron chi connectivity index (χ3n) is 3.39.